The van der Waals surface area contributed by atoms with Crippen LogP contribution in [0.15, 0.2) is 30.3 Å². The van der Waals surface area contributed by atoms with Gasteiger partial charge >= 0.3 is 0 Å². The smallest absolute Gasteiger partial charge is 0.235 e. The van der Waals surface area contributed by atoms with E-state index in [0.717, 1.165) is 5.56 Å². The van der Waals surface area contributed by atoms with Gasteiger partial charge in [0.2, 0.25) is 5.91 Å². The zero-order valence-electron chi connectivity index (χ0n) is 7.46. The molecule has 0 saturated heterocycles. The van der Waals surface area contributed by atoms with Gasteiger partial charge in [0.1, 0.15) is 5.88 Å². The van der Waals surface area contributed by atoms with Crippen LogP contribution in [0.2, 0.25) is 0 Å². The van der Waals surface area contributed by atoms with E-state index in [1.807, 2.05) is 37.3 Å². The van der Waals surface area contributed by atoms with Crippen molar-refractivity contribution in [3.8, 4) is 0 Å². The quantitative estimate of drug-likeness (QED) is 0.739. The third kappa shape index (κ3) is 3.07. The van der Waals surface area contributed by atoms with Crippen molar-refractivity contribution in [1.29, 1.82) is 0 Å². The molecule has 0 aliphatic carbocycles. The van der Waals surface area contributed by atoms with Crippen molar-refractivity contribution >= 4 is 17.5 Å². The molecule has 0 radical (unpaired) electrons. The number of nitrogens with one attached hydrogen (secondary N) is 1. The van der Waals surface area contributed by atoms with Crippen molar-refractivity contribution in [2.45, 2.75) is 13.0 Å². The Kier molecular flexibility index (Phi) is 3.77. The summed E-state index contributed by atoms with van der Waals surface area (Å²) in [5.41, 5.74) is 1.08. The number of carbonyl (C=O) groups excluding carboxylic acids is 1. The van der Waals surface area contributed by atoms with E-state index in [4.69, 9.17) is 11.6 Å². The summed E-state index contributed by atoms with van der Waals surface area (Å²) < 4.78 is 0. The molecule has 1 N–H and O–H groups in total. The first-order valence-corrected chi connectivity index (χ1v) is 4.67. The minimum Gasteiger partial charge on any atom is -0.349 e. The number of carbonyl (C=O) groups is 1. The molecule has 70 valence electrons. The Bertz CT molecular complexity index is 274. The molecule has 0 bridgehead atoms. The summed E-state index contributed by atoms with van der Waals surface area (Å²) in [6, 6.07) is 9.79. The lowest BCUT2D eigenvalue weighted by molar-refractivity contribution is -0.119. The molecule has 1 atom stereocenters. The molecule has 1 rings (SSSR count). The van der Waals surface area contributed by atoms with Crippen LogP contribution in [0.3, 0.4) is 0 Å². The predicted molar refractivity (Wildman–Crippen MR) is 53.7 cm³/mol. The van der Waals surface area contributed by atoms with Crippen LogP contribution in [0.25, 0.3) is 0 Å². The summed E-state index contributed by atoms with van der Waals surface area (Å²) in [7, 11) is 0. The second-order valence-corrected chi connectivity index (χ2v) is 3.10. The molecule has 0 aliphatic heterocycles. The predicted octanol–water partition coefficient (Wildman–Crippen LogP) is 2.10. The van der Waals surface area contributed by atoms with Gasteiger partial charge in [0.25, 0.3) is 0 Å². The topological polar surface area (TPSA) is 29.1 Å². The second kappa shape index (κ2) is 4.87. The van der Waals surface area contributed by atoms with Gasteiger partial charge in [0.05, 0.1) is 6.04 Å². The lowest BCUT2D eigenvalue weighted by Crippen LogP contribution is -2.27. The first-order chi connectivity index (χ1) is 6.24. The second-order valence-electron chi connectivity index (χ2n) is 2.83. The van der Waals surface area contributed by atoms with Gasteiger partial charge in [0, 0.05) is 0 Å². The molecular formula is C10H12ClNO. The average molecular weight is 198 g/mol. The number of hydrogen-bond acceptors (Lipinski definition) is 1. The maximum absolute atomic E-state index is 11.0. The normalized spacial score (nSPS) is 12.2. The summed E-state index contributed by atoms with van der Waals surface area (Å²) in [6.45, 7) is 1.93. The SMILES string of the molecule is C[C@@H](NC(=O)CCl)c1ccccc1. The van der Waals surface area contributed by atoms with Crippen LogP contribution in [0.5, 0.6) is 0 Å². The van der Waals surface area contributed by atoms with Crippen LogP contribution in [0, 0.1) is 0 Å². The Morgan fingerprint density at radius 3 is 2.62 bits per heavy atom. The van der Waals surface area contributed by atoms with Crippen molar-refractivity contribution < 1.29 is 4.79 Å². The summed E-state index contributed by atoms with van der Waals surface area (Å²) in [5, 5.41) is 2.77. The van der Waals surface area contributed by atoms with E-state index in [1.54, 1.807) is 0 Å². The molecule has 3 heteroatoms. The van der Waals surface area contributed by atoms with E-state index >= 15 is 0 Å². The number of rotatable bonds is 3. The van der Waals surface area contributed by atoms with E-state index in [2.05, 4.69) is 5.32 Å². The van der Waals surface area contributed by atoms with Crippen LogP contribution in [-0.4, -0.2) is 11.8 Å². The Morgan fingerprint density at radius 1 is 1.46 bits per heavy atom. The van der Waals surface area contributed by atoms with E-state index in [-0.39, 0.29) is 17.8 Å². The fourth-order valence-corrected chi connectivity index (χ4v) is 1.18. The zero-order valence-corrected chi connectivity index (χ0v) is 8.21. The maximum atomic E-state index is 11.0. The van der Waals surface area contributed by atoms with Crippen molar-refractivity contribution in [3.63, 3.8) is 0 Å². The molecule has 2 nitrogen and oxygen atoms in total. The molecular weight excluding hydrogens is 186 g/mol. The molecule has 0 spiro atoms. The van der Waals surface area contributed by atoms with Crippen LogP contribution in [-0.2, 0) is 4.79 Å². The highest BCUT2D eigenvalue weighted by atomic mass is 35.5. The minimum atomic E-state index is -0.141. The molecule has 0 saturated carbocycles. The monoisotopic (exact) mass is 197 g/mol. The molecule has 0 heterocycles. The lowest BCUT2D eigenvalue weighted by Gasteiger charge is -2.12. The van der Waals surface area contributed by atoms with Gasteiger partial charge in [-0.25, -0.2) is 0 Å². The van der Waals surface area contributed by atoms with Gasteiger partial charge in [-0.1, -0.05) is 30.3 Å². The van der Waals surface area contributed by atoms with Gasteiger partial charge in [-0.05, 0) is 12.5 Å². The molecule has 0 aliphatic rings. The Hall–Kier alpha value is -1.02. The van der Waals surface area contributed by atoms with Crippen LogP contribution in [0.4, 0.5) is 0 Å². The zero-order chi connectivity index (χ0) is 9.68. The van der Waals surface area contributed by atoms with Gasteiger partial charge in [-0.2, -0.15) is 0 Å². The summed E-state index contributed by atoms with van der Waals surface area (Å²) in [4.78, 5) is 11.0. The van der Waals surface area contributed by atoms with Crippen LogP contribution in [0.1, 0.15) is 18.5 Å². The van der Waals surface area contributed by atoms with E-state index in [1.165, 1.54) is 0 Å². The molecule has 0 unspecified atom stereocenters. The highest BCUT2D eigenvalue weighted by Crippen LogP contribution is 2.10. The third-order valence-electron chi connectivity index (χ3n) is 1.80. The van der Waals surface area contributed by atoms with Crippen molar-refractivity contribution in [3.05, 3.63) is 35.9 Å². The number of amides is 1. The highest BCUT2D eigenvalue weighted by molar-refractivity contribution is 6.27. The van der Waals surface area contributed by atoms with Gasteiger partial charge < -0.3 is 5.32 Å². The van der Waals surface area contributed by atoms with Crippen molar-refractivity contribution in [2.24, 2.45) is 0 Å². The standard InChI is InChI=1S/C10H12ClNO/c1-8(12-10(13)7-11)9-5-3-2-4-6-9/h2-6,8H,7H2,1H3,(H,12,13)/t8-/m1/s1. The summed E-state index contributed by atoms with van der Waals surface area (Å²) in [6.07, 6.45) is 0. The number of halogens is 1. The molecule has 1 aromatic carbocycles. The third-order valence-corrected chi connectivity index (χ3v) is 2.04. The van der Waals surface area contributed by atoms with Crippen molar-refractivity contribution in [1.82, 2.24) is 5.32 Å². The highest BCUT2D eigenvalue weighted by Gasteiger charge is 2.06. The Labute approximate surface area is 82.9 Å². The van der Waals surface area contributed by atoms with E-state index < -0.39 is 0 Å². The first kappa shape index (κ1) is 10.1. The van der Waals surface area contributed by atoms with Crippen molar-refractivity contribution in [2.75, 3.05) is 5.88 Å². The Balaban J connectivity index is 2.59. The number of benzene rings is 1. The molecule has 13 heavy (non-hydrogen) atoms. The lowest BCUT2D eigenvalue weighted by atomic mass is 10.1. The largest absolute Gasteiger partial charge is 0.349 e. The molecule has 0 aromatic heterocycles. The molecule has 0 fully saturated rings. The van der Waals surface area contributed by atoms with Crippen LogP contribution >= 0.6 is 11.6 Å². The number of alkyl halides is 1. The average Bonchev–Trinajstić information content (AvgIpc) is 2.19. The summed E-state index contributed by atoms with van der Waals surface area (Å²) >= 11 is 5.37. The first-order valence-electron chi connectivity index (χ1n) is 4.14. The fraction of sp³-hybridized carbons (Fsp3) is 0.300. The number of hydrogen-bond donors (Lipinski definition) is 1. The molecule has 1 aromatic rings. The molecule has 1 amide bonds. The Morgan fingerprint density at radius 2 is 2.08 bits per heavy atom. The van der Waals surface area contributed by atoms with Crippen LogP contribution < -0.4 is 5.32 Å². The summed E-state index contributed by atoms with van der Waals surface area (Å²) in [5.74, 6) is -0.130. The fourth-order valence-electron chi connectivity index (χ4n) is 1.11. The van der Waals surface area contributed by atoms with Gasteiger partial charge in [-0.3, -0.25) is 4.79 Å². The van der Waals surface area contributed by atoms with Gasteiger partial charge in [0.15, 0.2) is 0 Å². The van der Waals surface area contributed by atoms with E-state index in [9.17, 15) is 4.79 Å². The van der Waals surface area contributed by atoms with Gasteiger partial charge in [-0.15, -0.1) is 11.6 Å². The maximum Gasteiger partial charge on any atom is 0.235 e. The minimum absolute atomic E-state index is 0.0111. The van der Waals surface area contributed by atoms with E-state index in [0.29, 0.717) is 0 Å².